The molecule has 0 radical (unpaired) electrons. The first kappa shape index (κ1) is 12.6. The number of aldehydes is 1. The number of hydrogen-bond acceptors (Lipinski definition) is 2. The molecule has 0 fully saturated rings. The van der Waals surface area contributed by atoms with Gasteiger partial charge >= 0.3 is 0 Å². The summed E-state index contributed by atoms with van der Waals surface area (Å²) < 4.78 is 5.71. The van der Waals surface area contributed by atoms with Crippen molar-refractivity contribution in [3.63, 3.8) is 0 Å². The van der Waals surface area contributed by atoms with Gasteiger partial charge in [0.25, 0.3) is 0 Å². The van der Waals surface area contributed by atoms with Gasteiger partial charge in [0.05, 0.1) is 6.61 Å². The average Bonchev–Trinajstić information content (AvgIpc) is 2.42. The van der Waals surface area contributed by atoms with Crippen LogP contribution in [0.1, 0.15) is 25.7 Å². The molecular formula is C16H18O2. The Labute approximate surface area is 108 Å². The van der Waals surface area contributed by atoms with Crippen LogP contribution in [-0.2, 0) is 4.79 Å². The molecule has 0 heterocycles. The quantitative estimate of drug-likeness (QED) is 0.542. The fourth-order valence-corrected chi connectivity index (χ4v) is 1.95. The molecule has 0 unspecified atom stereocenters. The van der Waals surface area contributed by atoms with Crippen molar-refractivity contribution in [1.29, 1.82) is 0 Å². The van der Waals surface area contributed by atoms with Crippen LogP contribution in [0, 0.1) is 0 Å². The van der Waals surface area contributed by atoms with E-state index in [1.807, 2.05) is 18.2 Å². The van der Waals surface area contributed by atoms with Gasteiger partial charge in [-0.05, 0) is 42.2 Å². The monoisotopic (exact) mass is 242 g/mol. The zero-order chi connectivity index (χ0) is 12.6. The van der Waals surface area contributed by atoms with Gasteiger partial charge in [0.2, 0.25) is 0 Å². The fraction of sp³-hybridized carbons (Fsp3) is 0.312. The van der Waals surface area contributed by atoms with Crippen LogP contribution in [0.3, 0.4) is 0 Å². The molecule has 0 aliphatic rings. The number of hydrogen-bond donors (Lipinski definition) is 0. The molecule has 0 saturated heterocycles. The van der Waals surface area contributed by atoms with Gasteiger partial charge in [-0.15, -0.1) is 0 Å². The maximum atomic E-state index is 10.2. The van der Waals surface area contributed by atoms with Crippen molar-refractivity contribution in [3.05, 3.63) is 42.5 Å². The lowest BCUT2D eigenvalue weighted by Gasteiger charge is -2.07. The fourth-order valence-electron chi connectivity index (χ4n) is 1.95. The molecule has 0 saturated carbocycles. The molecular weight excluding hydrogens is 224 g/mol. The Morgan fingerprint density at radius 1 is 0.944 bits per heavy atom. The van der Waals surface area contributed by atoms with E-state index >= 15 is 0 Å². The lowest BCUT2D eigenvalue weighted by molar-refractivity contribution is -0.107. The van der Waals surface area contributed by atoms with Gasteiger partial charge in [-0.25, -0.2) is 0 Å². The first-order valence-electron chi connectivity index (χ1n) is 6.45. The highest BCUT2D eigenvalue weighted by Gasteiger charge is 1.97. The second-order valence-electron chi connectivity index (χ2n) is 4.37. The van der Waals surface area contributed by atoms with Gasteiger partial charge in [0.1, 0.15) is 12.0 Å². The Hall–Kier alpha value is -1.83. The lowest BCUT2D eigenvalue weighted by Crippen LogP contribution is -1.97. The second kappa shape index (κ2) is 6.80. The Bertz CT molecular complexity index is 505. The number of fused-ring (bicyclic) bond motifs is 1. The molecule has 2 aromatic carbocycles. The minimum Gasteiger partial charge on any atom is -0.494 e. The maximum Gasteiger partial charge on any atom is 0.119 e. The largest absolute Gasteiger partial charge is 0.494 e. The van der Waals surface area contributed by atoms with Gasteiger partial charge in [0, 0.05) is 6.42 Å². The number of unbranched alkanes of at least 4 members (excludes halogenated alkanes) is 3. The molecule has 0 aromatic heterocycles. The molecule has 0 bridgehead atoms. The van der Waals surface area contributed by atoms with E-state index in [4.69, 9.17) is 4.74 Å². The summed E-state index contributed by atoms with van der Waals surface area (Å²) in [6.07, 6.45) is 4.65. The third-order valence-electron chi connectivity index (χ3n) is 2.96. The van der Waals surface area contributed by atoms with Crippen molar-refractivity contribution >= 4 is 17.1 Å². The molecule has 0 spiro atoms. The van der Waals surface area contributed by atoms with Crippen LogP contribution in [0.5, 0.6) is 5.75 Å². The smallest absolute Gasteiger partial charge is 0.119 e. The Morgan fingerprint density at radius 3 is 2.61 bits per heavy atom. The van der Waals surface area contributed by atoms with E-state index in [9.17, 15) is 4.79 Å². The van der Waals surface area contributed by atoms with Crippen molar-refractivity contribution < 1.29 is 9.53 Å². The SMILES string of the molecule is O=CCCCCCOc1ccc2ccccc2c1. The standard InChI is InChI=1S/C16H18O2/c17-11-5-1-2-6-12-18-16-10-9-14-7-3-4-8-15(14)13-16/h3-4,7-11,13H,1-2,5-6,12H2. The first-order valence-corrected chi connectivity index (χ1v) is 6.45. The number of ether oxygens (including phenoxy) is 1. The molecule has 18 heavy (non-hydrogen) atoms. The van der Waals surface area contributed by atoms with Gasteiger partial charge in [-0.3, -0.25) is 0 Å². The van der Waals surface area contributed by atoms with Crippen molar-refractivity contribution in [2.75, 3.05) is 6.61 Å². The summed E-state index contributed by atoms with van der Waals surface area (Å²) in [7, 11) is 0. The van der Waals surface area contributed by atoms with Crippen LogP contribution in [-0.4, -0.2) is 12.9 Å². The van der Waals surface area contributed by atoms with Gasteiger partial charge < -0.3 is 9.53 Å². The summed E-state index contributed by atoms with van der Waals surface area (Å²) >= 11 is 0. The molecule has 0 amide bonds. The van der Waals surface area contributed by atoms with Crippen molar-refractivity contribution in [2.24, 2.45) is 0 Å². The van der Waals surface area contributed by atoms with Crippen molar-refractivity contribution in [2.45, 2.75) is 25.7 Å². The summed E-state index contributed by atoms with van der Waals surface area (Å²) in [4.78, 5) is 10.2. The Balaban J connectivity index is 1.82. The molecule has 2 aromatic rings. The predicted molar refractivity (Wildman–Crippen MR) is 74.0 cm³/mol. The number of rotatable bonds is 7. The number of carbonyl (C=O) groups is 1. The lowest BCUT2D eigenvalue weighted by atomic mass is 10.1. The van der Waals surface area contributed by atoms with E-state index in [1.54, 1.807) is 0 Å². The van der Waals surface area contributed by atoms with E-state index in [0.717, 1.165) is 37.9 Å². The Morgan fingerprint density at radius 2 is 1.78 bits per heavy atom. The summed E-state index contributed by atoms with van der Waals surface area (Å²) in [5.41, 5.74) is 0. The predicted octanol–water partition coefficient (Wildman–Crippen LogP) is 3.98. The third kappa shape index (κ3) is 3.59. The first-order chi connectivity index (χ1) is 8.90. The number of carbonyl (C=O) groups excluding carboxylic acids is 1. The topological polar surface area (TPSA) is 26.3 Å². The summed E-state index contributed by atoms with van der Waals surface area (Å²) in [5, 5.41) is 2.44. The van der Waals surface area contributed by atoms with E-state index in [-0.39, 0.29) is 0 Å². The van der Waals surface area contributed by atoms with Crippen molar-refractivity contribution in [1.82, 2.24) is 0 Å². The Kier molecular flexibility index (Phi) is 4.77. The summed E-state index contributed by atoms with van der Waals surface area (Å²) in [6, 6.07) is 14.4. The van der Waals surface area contributed by atoms with E-state index < -0.39 is 0 Å². The molecule has 0 aliphatic carbocycles. The van der Waals surface area contributed by atoms with E-state index in [2.05, 4.69) is 24.3 Å². The number of benzene rings is 2. The maximum absolute atomic E-state index is 10.2. The molecule has 2 rings (SSSR count). The second-order valence-corrected chi connectivity index (χ2v) is 4.37. The highest BCUT2D eigenvalue weighted by molar-refractivity contribution is 5.83. The molecule has 0 N–H and O–H groups in total. The van der Waals surface area contributed by atoms with Crippen LogP contribution < -0.4 is 4.74 Å². The van der Waals surface area contributed by atoms with Gasteiger partial charge in [-0.1, -0.05) is 30.3 Å². The average molecular weight is 242 g/mol. The zero-order valence-corrected chi connectivity index (χ0v) is 10.5. The van der Waals surface area contributed by atoms with Crippen LogP contribution >= 0.6 is 0 Å². The van der Waals surface area contributed by atoms with Gasteiger partial charge in [0.15, 0.2) is 0 Å². The normalized spacial score (nSPS) is 10.4. The third-order valence-corrected chi connectivity index (χ3v) is 2.96. The van der Waals surface area contributed by atoms with E-state index in [1.165, 1.54) is 10.8 Å². The molecule has 0 aliphatic heterocycles. The van der Waals surface area contributed by atoms with Crippen molar-refractivity contribution in [3.8, 4) is 5.75 Å². The molecule has 2 nitrogen and oxygen atoms in total. The van der Waals surface area contributed by atoms with E-state index in [0.29, 0.717) is 6.42 Å². The minimum absolute atomic E-state index is 0.663. The zero-order valence-electron chi connectivity index (χ0n) is 10.5. The highest BCUT2D eigenvalue weighted by atomic mass is 16.5. The molecule has 0 atom stereocenters. The molecule has 94 valence electrons. The summed E-state index contributed by atoms with van der Waals surface area (Å²) in [6.45, 7) is 0.719. The van der Waals surface area contributed by atoms with Crippen LogP contribution in [0.4, 0.5) is 0 Å². The summed E-state index contributed by atoms with van der Waals surface area (Å²) in [5.74, 6) is 0.920. The minimum atomic E-state index is 0.663. The highest BCUT2D eigenvalue weighted by Crippen LogP contribution is 2.20. The van der Waals surface area contributed by atoms with Crippen LogP contribution in [0.15, 0.2) is 42.5 Å². The van der Waals surface area contributed by atoms with Gasteiger partial charge in [-0.2, -0.15) is 0 Å². The molecule has 2 heteroatoms. The van der Waals surface area contributed by atoms with Crippen LogP contribution in [0.25, 0.3) is 10.8 Å². The van der Waals surface area contributed by atoms with Crippen LogP contribution in [0.2, 0.25) is 0 Å².